The third kappa shape index (κ3) is 13.4. The zero-order valence-electron chi connectivity index (χ0n) is 74.5. The quantitative estimate of drug-likeness (QED) is 0.140. The summed E-state index contributed by atoms with van der Waals surface area (Å²) in [5.41, 5.74) is 35.9. The third-order valence-electron chi connectivity index (χ3n) is 28.4. The van der Waals surface area contributed by atoms with Crippen LogP contribution in [0.4, 0.5) is 28.4 Å². The van der Waals surface area contributed by atoms with Crippen molar-refractivity contribution in [3.63, 3.8) is 0 Å². The summed E-state index contributed by atoms with van der Waals surface area (Å²) >= 11 is 3.76. The van der Waals surface area contributed by atoms with Crippen LogP contribution in [-0.4, -0.2) is 9.13 Å². The van der Waals surface area contributed by atoms with E-state index in [2.05, 4.69) is 545 Å². The van der Waals surface area contributed by atoms with Gasteiger partial charge in [0.15, 0.2) is 0 Å². The fourth-order valence-electron chi connectivity index (χ4n) is 22.6. The first-order valence-electron chi connectivity index (χ1n) is 46.9. The van der Waals surface area contributed by atoms with Gasteiger partial charge in [-0.25, -0.2) is 0 Å². The van der Waals surface area contributed by atoms with Crippen LogP contribution in [0.15, 0.2) is 514 Å². The maximum absolute atomic E-state index is 6.79. The van der Waals surface area contributed by atoms with E-state index in [9.17, 15) is 0 Å². The molecule has 2 aliphatic carbocycles. The lowest BCUT2D eigenvalue weighted by atomic mass is 9.65. The summed E-state index contributed by atoms with van der Waals surface area (Å²) < 4.78 is 19.0. The maximum Gasteiger partial charge on any atom is 0.132 e. The van der Waals surface area contributed by atoms with Gasteiger partial charge in [0, 0.05) is 93.5 Å². The van der Waals surface area contributed by atoms with Crippen LogP contribution in [0.5, 0.6) is 23.0 Å². The molecule has 2 spiro atoms. The second kappa shape index (κ2) is 34.0. The second-order valence-electron chi connectivity index (χ2n) is 35.7. The van der Waals surface area contributed by atoms with Gasteiger partial charge in [-0.15, -0.1) is 0 Å². The molecule has 0 saturated carbocycles. The topological polar surface area (TPSA) is 43.6 Å². The van der Waals surface area contributed by atoms with Gasteiger partial charge < -0.3 is 28.8 Å². The number of hydrogen-bond donors (Lipinski definition) is 1. The monoisotopic (exact) mass is 1830 g/mol. The highest BCUT2D eigenvalue weighted by Gasteiger charge is 2.54. The van der Waals surface area contributed by atoms with Gasteiger partial charge in [0.2, 0.25) is 0 Å². The van der Waals surface area contributed by atoms with E-state index in [-0.39, 0.29) is 7.43 Å². The molecular weight excluding hydrogens is 1740 g/mol. The van der Waals surface area contributed by atoms with E-state index in [0.29, 0.717) is 0 Å². The van der Waals surface area contributed by atoms with E-state index < -0.39 is 10.8 Å². The average Bonchev–Trinajstić information content (AvgIpc) is 1.51. The molecule has 652 valence electrons. The fraction of sp³-hybridized carbons (Fsp3) is 0.0229. The Kier molecular flexibility index (Phi) is 20.3. The fourth-order valence-corrected chi connectivity index (χ4v) is 23.0. The number of nitrogens with zero attached hydrogens (tertiary/aromatic N) is 3. The Morgan fingerprint density at radius 3 is 1.09 bits per heavy atom. The number of aromatic nitrogens is 2. The number of rotatable bonds is 11. The maximum atomic E-state index is 6.79. The van der Waals surface area contributed by atoms with Crippen molar-refractivity contribution in [3.05, 3.63) is 559 Å². The van der Waals surface area contributed by atoms with Gasteiger partial charge >= 0.3 is 0 Å². The van der Waals surface area contributed by atoms with E-state index in [4.69, 9.17) is 9.47 Å². The number of ether oxygens (including phenoxy) is 2. The van der Waals surface area contributed by atoms with Gasteiger partial charge in [-0.05, 0) is 245 Å². The summed E-state index contributed by atoms with van der Waals surface area (Å²) in [5, 5.41) is 13.7. The van der Waals surface area contributed by atoms with Crippen LogP contribution in [-0.2, 0) is 10.8 Å². The molecular formula is C131H89BrN4O2. The van der Waals surface area contributed by atoms with Crippen molar-refractivity contribution in [2.75, 3.05) is 10.2 Å². The largest absolute Gasteiger partial charge is 0.457 e. The minimum Gasteiger partial charge on any atom is -0.457 e. The Balaban J connectivity index is 0.000000121. The molecule has 7 heteroatoms. The third-order valence-corrected chi connectivity index (χ3v) is 28.9. The minimum absolute atomic E-state index is 0. The smallest absolute Gasteiger partial charge is 0.132 e. The number of halogens is 1. The molecule has 2 aromatic heterocycles. The van der Waals surface area contributed by atoms with Crippen LogP contribution in [0, 0.1) is 0 Å². The molecule has 22 aromatic carbocycles. The molecule has 24 aromatic rings. The zero-order valence-corrected chi connectivity index (χ0v) is 76.1. The Bertz CT molecular complexity index is 8800. The van der Waals surface area contributed by atoms with Gasteiger partial charge in [-0.1, -0.05) is 387 Å². The summed E-state index contributed by atoms with van der Waals surface area (Å²) in [4.78, 5) is 2.45. The highest BCUT2D eigenvalue weighted by molar-refractivity contribution is 9.10. The Hall–Kier alpha value is -17.4. The molecule has 0 saturated heterocycles. The lowest BCUT2D eigenvalue weighted by molar-refractivity contribution is 0.436. The van der Waals surface area contributed by atoms with Gasteiger partial charge in [0.25, 0.3) is 0 Å². The molecule has 1 N–H and O–H groups in total. The SMILES string of the molecule is Brc1ccc2c(c1)C1(c3ccccc3Oc3ccccc31)c1c-2ccc2ccccc12.C.c1ccc(-c2ccccc2N(c2ccc(-c3ccc4c(c3)c3ccccc3n4-c3ccccc3)cc2)c2ccc3c(c2)C2(c4ccccc4Oc4ccccc42)c2c-3ccc3ccccc23)cc1.c1ccc(-c2ccccc2Nc2ccc(-c3ccc4c(c3)c3ccccc3n4-c3ccccc3)cc2)cc1. The molecule has 6 nitrogen and oxygen atoms in total. The van der Waals surface area contributed by atoms with Crippen molar-refractivity contribution in [1.82, 2.24) is 9.13 Å². The predicted octanol–water partition coefficient (Wildman–Crippen LogP) is 35.8. The lowest BCUT2D eigenvalue weighted by Crippen LogP contribution is -2.32. The zero-order chi connectivity index (χ0) is 90.7. The first-order valence-corrected chi connectivity index (χ1v) is 47.6. The molecule has 0 fully saturated rings. The summed E-state index contributed by atoms with van der Waals surface area (Å²) in [5.74, 6) is 3.61. The van der Waals surface area contributed by atoms with Gasteiger partial charge in [0.1, 0.15) is 23.0 Å². The molecule has 4 heterocycles. The van der Waals surface area contributed by atoms with Crippen molar-refractivity contribution >= 4 is 110 Å². The Morgan fingerprint density at radius 1 is 0.232 bits per heavy atom. The highest BCUT2D eigenvalue weighted by atomic mass is 79.9. The van der Waals surface area contributed by atoms with E-state index in [1.807, 2.05) is 0 Å². The van der Waals surface area contributed by atoms with Crippen molar-refractivity contribution in [2.24, 2.45) is 0 Å². The molecule has 0 amide bonds. The molecule has 28 rings (SSSR count). The summed E-state index contributed by atoms with van der Waals surface area (Å²) in [7, 11) is 0. The van der Waals surface area contributed by atoms with Gasteiger partial charge in [0.05, 0.1) is 38.6 Å². The van der Waals surface area contributed by atoms with E-state index in [1.165, 1.54) is 154 Å². The Morgan fingerprint density at radius 2 is 0.594 bits per heavy atom. The molecule has 2 aliphatic heterocycles. The predicted molar refractivity (Wildman–Crippen MR) is 578 cm³/mol. The first-order chi connectivity index (χ1) is 67.9. The van der Waals surface area contributed by atoms with E-state index in [1.54, 1.807) is 0 Å². The number of hydrogen-bond acceptors (Lipinski definition) is 4. The molecule has 0 bridgehead atoms. The normalized spacial score (nSPS) is 12.7. The van der Waals surface area contributed by atoms with Crippen molar-refractivity contribution in [2.45, 2.75) is 18.3 Å². The number of benzene rings is 22. The van der Waals surface area contributed by atoms with Crippen LogP contribution >= 0.6 is 15.9 Å². The number of nitrogens with one attached hydrogen (secondary N) is 1. The first kappa shape index (κ1) is 82.5. The lowest BCUT2D eigenvalue weighted by Gasteiger charge is -2.40. The molecule has 0 atom stereocenters. The number of para-hydroxylation sites is 10. The van der Waals surface area contributed by atoms with Crippen LogP contribution in [0.25, 0.3) is 143 Å². The molecule has 138 heavy (non-hydrogen) atoms. The van der Waals surface area contributed by atoms with Crippen LogP contribution in [0.1, 0.15) is 51.9 Å². The Labute approximate surface area is 810 Å². The summed E-state index contributed by atoms with van der Waals surface area (Å²) in [6.07, 6.45) is 0. The van der Waals surface area contributed by atoms with Crippen molar-refractivity contribution < 1.29 is 9.47 Å². The highest BCUT2D eigenvalue weighted by Crippen LogP contribution is 2.67. The summed E-state index contributed by atoms with van der Waals surface area (Å²) in [6.45, 7) is 0. The van der Waals surface area contributed by atoms with E-state index >= 15 is 0 Å². The molecule has 0 unspecified atom stereocenters. The standard InChI is InChI=1S/C65H42N2O.C36H26N2.C29H17BrO.CH4/c1-3-17-44(18-4-1)50-22-9-13-27-59(50)66(48-35-31-43(32-36-48)46-34-40-61-55(41-46)53-24-10-14-28-60(53)67(61)47-20-5-2-6-21-47)49-37-39-52-54-38-33-45-19-7-8-23-51(45)64(54)65(58(52)42-49)56-25-11-15-29-62(56)68-63-30-16-12-26-57(63)65;1-3-11-27(12-4-1)31-15-7-9-17-34(31)37-29-22-19-26(20-23-29)28-21-24-36-33(25-28)32-16-8-10-18-35(32)38(36)30-13-5-2-6-14-30;30-19-14-16-21-22-15-13-18-7-1-2-8-20(18)28(22)29(25(21)17-19)23-9-3-5-11-26(23)31-27-12-6-4-10-24(27)29;/h1-42H;1-25,37H;1-17H;1H4. The van der Waals surface area contributed by atoms with Crippen LogP contribution in [0.3, 0.4) is 0 Å². The summed E-state index contributed by atoms with van der Waals surface area (Å²) in [6, 6.07) is 184. The molecule has 0 radical (unpaired) electrons. The van der Waals surface area contributed by atoms with Crippen molar-refractivity contribution in [3.8, 4) is 101 Å². The van der Waals surface area contributed by atoms with Crippen molar-refractivity contribution in [1.29, 1.82) is 0 Å². The van der Waals surface area contributed by atoms with Crippen LogP contribution < -0.4 is 19.7 Å². The van der Waals surface area contributed by atoms with Gasteiger partial charge in [-0.2, -0.15) is 0 Å². The minimum atomic E-state index is -0.649. The number of anilines is 5. The number of fused-ring (bicyclic) bond motifs is 28. The molecule has 4 aliphatic rings. The van der Waals surface area contributed by atoms with E-state index in [0.717, 1.165) is 89.4 Å². The average molecular weight is 1830 g/mol. The second-order valence-corrected chi connectivity index (χ2v) is 36.7. The van der Waals surface area contributed by atoms with Gasteiger partial charge in [-0.3, -0.25) is 0 Å². The van der Waals surface area contributed by atoms with Crippen LogP contribution in [0.2, 0.25) is 0 Å².